The van der Waals surface area contributed by atoms with Gasteiger partial charge in [0.05, 0.1) is 27.7 Å². The molecule has 0 fully saturated rings. The Morgan fingerprint density at radius 3 is 2.33 bits per heavy atom. The van der Waals surface area contributed by atoms with Crippen LogP contribution < -0.4 is 9.46 Å². The zero-order valence-electron chi connectivity index (χ0n) is 22.2. The zero-order valence-corrected chi connectivity index (χ0v) is 25.4. The van der Waals surface area contributed by atoms with E-state index >= 15 is 0 Å². The average Bonchev–Trinajstić information content (AvgIpc) is 3.33. The fraction of sp³-hybridized carbons (Fsp3) is 0.207. The Morgan fingerprint density at radius 2 is 1.68 bits per heavy atom. The first-order valence-corrected chi connectivity index (χ1v) is 15.4. The van der Waals surface area contributed by atoms with Crippen LogP contribution in [0.25, 0.3) is 0 Å². The monoisotopic (exact) mass is 617 g/mol. The summed E-state index contributed by atoms with van der Waals surface area (Å²) in [4.78, 5) is 19.7. The second-order valence-electron chi connectivity index (χ2n) is 9.34. The number of nitrogens with one attached hydrogen (secondary N) is 1. The molecule has 7 nitrogen and oxygen atoms in total. The van der Waals surface area contributed by atoms with Crippen LogP contribution in [0, 0.1) is 6.92 Å². The largest absolute Gasteiger partial charge is 0.456 e. The summed E-state index contributed by atoms with van der Waals surface area (Å²) < 4.78 is 35.0. The lowest BCUT2D eigenvalue weighted by atomic mass is 10.1. The van der Waals surface area contributed by atoms with E-state index in [4.69, 9.17) is 27.9 Å². The van der Waals surface area contributed by atoms with Gasteiger partial charge in [-0.3, -0.25) is 9.52 Å². The highest BCUT2D eigenvalue weighted by atomic mass is 35.5. The van der Waals surface area contributed by atoms with E-state index in [1.165, 1.54) is 36.4 Å². The molecule has 210 valence electrons. The topological polar surface area (TPSA) is 79.0 Å². The summed E-state index contributed by atoms with van der Waals surface area (Å²) >= 11 is 14.0. The molecule has 0 saturated heterocycles. The molecule has 11 heteroatoms. The minimum Gasteiger partial charge on any atom is -0.456 e. The molecule has 40 heavy (non-hydrogen) atoms. The molecule has 0 spiro atoms. The normalized spacial score (nSPS) is 11.4. The highest BCUT2D eigenvalue weighted by Gasteiger charge is 2.24. The maximum atomic E-state index is 13.8. The third kappa shape index (κ3) is 7.77. The van der Waals surface area contributed by atoms with Crippen molar-refractivity contribution in [2.45, 2.75) is 18.4 Å². The highest BCUT2D eigenvalue weighted by Crippen LogP contribution is 2.30. The summed E-state index contributed by atoms with van der Waals surface area (Å²) in [6, 6.07) is 21.5. The Morgan fingerprint density at radius 1 is 0.950 bits per heavy atom. The molecule has 1 heterocycles. The van der Waals surface area contributed by atoms with Crippen LogP contribution in [0.2, 0.25) is 10.0 Å². The van der Waals surface area contributed by atoms with E-state index in [0.717, 1.165) is 9.75 Å². The molecule has 4 aromatic rings. The molecule has 0 bridgehead atoms. The summed E-state index contributed by atoms with van der Waals surface area (Å²) in [6.07, 6.45) is 0. The van der Waals surface area contributed by atoms with Crippen LogP contribution in [-0.2, 0) is 16.6 Å². The molecule has 0 atom stereocenters. The van der Waals surface area contributed by atoms with Gasteiger partial charge in [-0.25, -0.2) is 8.42 Å². The van der Waals surface area contributed by atoms with E-state index in [2.05, 4.69) is 4.72 Å². The SMILES string of the molecule is Cc1ccc(CN(CCN(C)C)C(=O)c2cc(Cl)ccc2NS(=O)(=O)c2ccc(Oc3ccccc3Cl)cc2)s1. The molecule has 0 saturated carbocycles. The quantitative estimate of drug-likeness (QED) is 0.193. The fourth-order valence-corrected chi connectivity index (χ4v) is 6.16. The van der Waals surface area contributed by atoms with Crippen LogP contribution in [0.4, 0.5) is 5.69 Å². The first-order valence-electron chi connectivity index (χ1n) is 12.4. The lowest BCUT2D eigenvalue weighted by Crippen LogP contribution is -2.36. The first kappa shape index (κ1) is 29.9. The van der Waals surface area contributed by atoms with Crippen LogP contribution in [0.3, 0.4) is 0 Å². The number of carbonyl (C=O) groups is 1. The first-order chi connectivity index (χ1) is 19.0. The van der Waals surface area contributed by atoms with Crippen molar-refractivity contribution >= 4 is 56.2 Å². The van der Waals surface area contributed by atoms with Gasteiger partial charge in [-0.05, 0) is 87.7 Å². The smallest absolute Gasteiger partial charge is 0.261 e. The summed E-state index contributed by atoms with van der Waals surface area (Å²) in [5, 5.41) is 0.765. The standard InChI is InChI=1S/C29H29Cl2N3O4S2/c1-20-8-12-23(39-20)19-34(17-16-33(2)3)29(35)25-18-21(30)9-15-27(25)32-40(36,37)24-13-10-22(11-14-24)38-28-7-5-4-6-26(28)31/h4-15,18,32H,16-17,19H2,1-3H3. The van der Waals surface area contributed by atoms with Crippen molar-refractivity contribution in [2.75, 3.05) is 31.9 Å². The van der Waals surface area contributed by atoms with Crippen LogP contribution in [0.5, 0.6) is 11.5 Å². The number of likely N-dealkylation sites (N-methyl/N-ethyl adjacent to an activating group) is 1. The average molecular weight is 619 g/mol. The number of halogens is 2. The number of nitrogens with zero attached hydrogens (tertiary/aromatic N) is 2. The van der Waals surface area contributed by atoms with Crippen molar-refractivity contribution < 1.29 is 17.9 Å². The van der Waals surface area contributed by atoms with Gasteiger partial charge in [0.15, 0.2) is 0 Å². The van der Waals surface area contributed by atoms with Gasteiger partial charge in [0.1, 0.15) is 11.5 Å². The number of sulfonamides is 1. The summed E-state index contributed by atoms with van der Waals surface area (Å²) in [7, 11) is -0.174. The molecule has 0 aliphatic heterocycles. The van der Waals surface area contributed by atoms with Crippen molar-refractivity contribution in [3.8, 4) is 11.5 Å². The lowest BCUT2D eigenvalue weighted by Gasteiger charge is -2.25. The van der Waals surface area contributed by atoms with Gasteiger partial charge in [0, 0.05) is 27.9 Å². The molecule has 1 aromatic heterocycles. The minimum atomic E-state index is -4.04. The molecule has 0 aliphatic carbocycles. The van der Waals surface area contributed by atoms with Gasteiger partial charge in [0.25, 0.3) is 15.9 Å². The number of ether oxygens (including phenoxy) is 1. The van der Waals surface area contributed by atoms with Gasteiger partial charge in [0.2, 0.25) is 0 Å². The van der Waals surface area contributed by atoms with Crippen molar-refractivity contribution in [1.82, 2.24) is 9.80 Å². The van der Waals surface area contributed by atoms with Crippen LogP contribution in [-0.4, -0.2) is 51.3 Å². The van der Waals surface area contributed by atoms with E-state index in [1.807, 2.05) is 38.1 Å². The van der Waals surface area contributed by atoms with E-state index in [1.54, 1.807) is 46.6 Å². The Kier molecular flexibility index (Phi) is 9.76. The number of amides is 1. The van der Waals surface area contributed by atoms with E-state index in [-0.39, 0.29) is 22.1 Å². The molecule has 0 unspecified atom stereocenters. The molecule has 4 rings (SSSR count). The minimum absolute atomic E-state index is 0.00545. The number of thiophene rings is 1. The Hall–Kier alpha value is -3.08. The van der Waals surface area contributed by atoms with Gasteiger partial charge in [-0.15, -0.1) is 11.3 Å². The lowest BCUT2D eigenvalue weighted by molar-refractivity contribution is 0.0735. The van der Waals surface area contributed by atoms with E-state index in [0.29, 0.717) is 41.2 Å². The van der Waals surface area contributed by atoms with Crippen molar-refractivity contribution in [3.05, 3.63) is 104 Å². The summed E-state index contributed by atoms with van der Waals surface area (Å²) in [5.41, 5.74) is 0.310. The number of anilines is 1. The predicted molar refractivity (Wildman–Crippen MR) is 163 cm³/mol. The molecular formula is C29H29Cl2N3O4S2. The molecule has 3 aromatic carbocycles. The predicted octanol–water partition coefficient (Wildman–Crippen LogP) is 7.16. The molecular weight excluding hydrogens is 589 g/mol. The molecule has 1 amide bonds. The Labute approximate surface area is 249 Å². The number of aryl methyl sites for hydroxylation is 1. The highest BCUT2D eigenvalue weighted by molar-refractivity contribution is 7.92. The third-order valence-corrected chi connectivity index (χ3v) is 8.82. The van der Waals surface area contributed by atoms with Crippen molar-refractivity contribution in [2.24, 2.45) is 0 Å². The van der Waals surface area contributed by atoms with Gasteiger partial charge < -0.3 is 14.5 Å². The Bertz CT molecular complexity index is 1590. The third-order valence-electron chi connectivity index (χ3n) is 5.90. The molecule has 1 N–H and O–H groups in total. The number of para-hydroxylation sites is 1. The number of rotatable bonds is 11. The Balaban J connectivity index is 1.58. The molecule has 0 aliphatic rings. The van der Waals surface area contributed by atoms with Crippen LogP contribution in [0.15, 0.2) is 83.8 Å². The summed E-state index contributed by atoms with van der Waals surface area (Å²) in [5.74, 6) is 0.560. The molecule has 0 radical (unpaired) electrons. The van der Waals surface area contributed by atoms with Gasteiger partial charge in [-0.1, -0.05) is 35.3 Å². The van der Waals surface area contributed by atoms with Gasteiger partial charge in [-0.2, -0.15) is 0 Å². The van der Waals surface area contributed by atoms with Gasteiger partial charge >= 0.3 is 0 Å². The van der Waals surface area contributed by atoms with Crippen molar-refractivity contribution in [1.29, 1.82) is 0 Å². The number of carbonyl (C=O) groups excluding carboxylic acids is 1. The maximum Gasteiger partial charge on any atom is 0.261 e. The zero-order chi connectivity index (χ0) is 28.9. The second-order valence-corrected chi connectivity index (χ2v) is 13.2. The number of hydrogen-bond donors (Lipinski definition) is 1. The second kappa shape index (κ2) is 13.1. The van der Waals surface area contributed by atoms with E-state index < -0.39 is 10.0 Å². The van der Waals surface area contributed by atoms with Crippen molar-refractivity contribution in [3.63, 3.8) is 0 Å². The number of benzene rings is 3. The van der Waals surface area contributed by atoms with Crippen LogP contribution in [0.1, 0.15) is 20.1 Å². The maximum absolute atomic E-state index is 13.8. The number of hydrogen-bond acceptors (Lipinski definition) is 6. The summed E-state index contributed by atoms with van der Waals surface area (Å²) in [6.45, 7) is 3.50. The fourth-order valence-electron chi connectivity index (χ4n) is 3.83. The van der Waals surface area contributed by atoms with E-state index in [9.17, 15) is 13.2 Å². The van der Waals surface area contributed by atoms with Crippen LogP contribution >= 0.6 is 34.5 Å².